The van der Waals surface area contributed by atoms with Crippen molar-refractivity contribution in [3.05, 3.63) is 11.8 Å². The van der Waals surface area contributed by atoms with E-state index in [4.69, 9.17) is 16.2 Å². The van der Waals surface area contributed by atoms with Crippen LogP contribution in [0.3, 0.4) is 0 Å². The van der Waals surface area contributed by atoms with Crippen molar-refractivity contribution in [2.24, 2.45) is 5.73 Å². The first-order chi connectivity index (χ1) is 6.22. The zero-order valence-electron chi connectivity index (χ0n) is 7.73. The highest BCUT2D eigenvalue weighted by Crippen LogP contribution is 1.96. The largest absolute Gasteiger partial charge is 0.473 e. The molecule has 5 N–H and O–H groups in total. The molecule has 0 fully saturated rings. The van der Waals surface area contributed by atoms with Crippen LogP contribution in [0.1, 0.15) is 6.42 Å². The summed E-state index contributed by atoms with van der Waals surface area (Å²) in [6, 6.07) is 0. The fraction of sp³-hybridized carbons (Fsp3) is 0.429. The second-order valence-corrected chi connectivity index (χ2v) is 5.12. The van der Waals surface area contributed by atoms with Gasteiger partial charge in [-0.1, -0.05) is 0 Å². The molecular weight excluding hydrogens is 208 g/mol. The molecule has 0 aromatic heterocycles. The lowest BCUT2D eigenvalue weighted by atomic mass is 10.2. The third-order valence-corrected chi connectivity index (χ3v) is 2.30. The normalized spacial score (nSPS) is 12.5. The number of carbonyl (C=O) groups is 1. The van der Waals surface area contributed by atoms with E-state index < -0.39 is 21.5 Å². The lowest BCUT2D eigenvalue weighted by Crippen LogP contribution is -2.43. The van der Waals surface area contributed by atoms with Gasteiger partial charge in [0.05, 0.1) is 5.75 Å². The topological polar surface area (TPSA) is 123 Å². The molecule has 0 unspecified atom stereocenters. The highest BCUT2D eigenvalue weighted by molar-refractivity contribution is 7.90. The molecular formula is C7H13N2O4S+. The van der Waals surface area contributed by atoms with Gasteiger partial charge in [-0.2, -0.15) is 0 Å². The third kappa shape index (κ3) is 6.18. The maximum atomic E-state index is 10.7. The summed E-state index contributed by atoms with van der Waals surface area (Å²) in [4.78, 5) is 10.3. The quantitative estimate of drug-likeness (QED) is 0.445. The van der Waals surface area contributed by atoms with Gasteiger partial charge in [-0.15, -0.1) is 0 Å². The number of aliphatic carboxylic acids is 1. The zero-order valence-corrected chi connectivity index (χ0v) is 8.54. The van der Waals surface area contributed by atoms with Crippen molar-refractivity contribution in [2.75, 3.05) is 12.0 Å². The SMILES string of the molecule is CS(=O)(=O)CC/C(N)=C/C(=[NH2+])C(=O)O. The van der Waals surface area contributed by atoms with Crippen molar-refractivity contribution < 1.29 is 23.7 Å². The van der Waals surface area contributed by atoms with E-state index >= 15 is 0 Å². The first-order valence-corrected chi connectivity index (χ1v) is 5.78. The Morgan fingerprint density at radius 1 is 1.57 bits per heavy atom. The maximum absolute atomic E-state index is 10.7. The molecule has 0 atom stereocenters. The summed E-state index contributed by atoms with van der Waals surface area (Å²) in [6.45, 7) is 0. The summed E-state index contributed by atoms with van der Waals surface area (Å²) in [5.41, 5.74) is 5.08. The van der Waals surface area contributed by atoms with E-state index in [1.54, 1.807) is 0 Å². The molecule has 0 aromatic rings. The van der Waals surface area contributed by atoms with Crippen LogP contribution in [-0.2, 0) is 14.6 Å². The lowest BCUT2D eigenvalue weighted by molar-refractivity contribution is -0.146. The van der Waals surface area contributed by atoms with Crippen LogP contribution in [-0.4, -0.2) is 37.2 Å². The molecule has 0 saturated heterocycles. The summed E-state index contributed by atoms with van der Waals surface area (Å²) in [5.74, 6) is -1.41. The van der Waals surface area contributed by atoms with E-state index in [1.807, 2.05) is 0 Å². The molecule has 0 aliphatic rings. The standard InChI is InChI=1S/C7H12N2O4S/c1-14(12,13)3-2-5(8)4-6(9)7(10)11/h4,9H,2-3,8H2,1H3,(H,10,11)/p+1/b5-4-,9-6?. The van der Waals surface area contributed by atoms with Gasteiger partial charge >= 0.3 is 5.97 Å². The fourth-order valence-corrected chi connectivity index (χ4v) is 1.24. The molecule has 80 valence electrons. The molecule has 0 aliphatic carbocycles. The summed E-state index contributed by atoms with van der Waals surface area (Å²) in [7, 11) is -3.09. The first-order valence-electron chi connectivity index (χ1n) is 3.72. The number of hydrogen-bond acceptors (Lipinski definition) is 4. The monoisotopic (exact) mass is 221 g/mol. The highest BCUT2D eigenvalue weighted by Gasteiger charge is 2.11. The Labute approximate surface area is 81.8 Å². The van der Waals surface area contributed by atoms with E-state index in [2.05, 4.69) is 0 Å². The minimum atomic E-state index is -3.09. The van der Waals surface area contributed by atoms with Crippen LogP contribution in [0.15, 0.2) is 11.8 Å². The van der Waals surface area contributed by atoms with Crippen molar-refractivity contribution in [2.45, 2.75) is 6.42 Å². The van der Waals surface area contributed by atoms with Crippen molar-refractivity contribution in [1.82, 2.24) is 0 Å². The van der Waals surface area contributed by atoms with Crippen molar-refractivity contribution in [3.63, 3.8) is 0 Å². The lowest BCUT2D eigenvalue weighted by Gasteiger charge is -1.98. The van der Waals surface area contributed by atoms with Gasteiger partial charge in [-0.05, 0) is 0 Å². The van der Waals surface area contributed by atoms with E-state index in [1.165, 1.54) is 0 Å². The predicted molar refractivity (Wildman–Crippen MR) is 51.2 cm³/mol. The number of allylic oxidation sites excluding steroid dienone is 1. The van der Waals surface area contributed by atoms with Gasteiger partial charge in [-0.25, -0.2) is 18.6 Å². The van der Waals surface area contributed by atoms with Crippen LogP contribution in [0, 0.1) is 0 Å². The minimum absolute atomic E-state index is 0.0762. The number of sulfone groups is 1. The number of carboxylic acid groups (broad SMARTS) is 1. The number of nitrogens with two attached hydrogens (primary N) is 2. The predicted octanol–water partition coefficient (Wildman–Crippen LogP) is -2.45. The van der Waals surface area contributed by atoms with Crippen molar-refractivity contribution in [1.29, 1.82) is 0 Å². The van der Waals surface area contributed by atoms with Crippen LogP contribution in [0.4, 0.5) is 0 Å². The fourth-order valence-electron chi connectivity index (χ4n) is 0.637. The first kappa shape index (κ1) is 12.6. The van der Waals surface area contributed by atoms with Crippen molar-refractivity contribution in [3.8, 4) is 0 Å². The Balaban J connectivity index is 4.29. The molecule has 0 radical (unpaired) electrons. The van der Waals surface area contributed by atoms with Crippen LogP contribution >= 0.6 is 0 Å². The van der Waals surface area contributed by atoms with Crippen LogP contribution in [0.25, 0.3) is 0 Å². The number of carboxylic acids is 1. The molecule has 0 saturated carbocycles. The molecule has 0 amide bonds. The molecule has 0 aliphatic heterocycles. The molecule has 7 heteroatoms. The molecule has 0 spiro atoms. The average molecular weight is 221 g/mol. The van der Waals surface area contributed by atoms with Crippen LogP contribution in [0.5, 0.6) is 0 Å². The third-order valence-electron chi connectivity index (χ3n) is 1.35. The summed E-state index contributed by atoms with van der Waals surface area (Å²) in [6.07, 6.45) is 2.20. The molecule has 6 nitrogen and oxygen atoms in total. The Bertz CT molecular complexity index is 369. The van der Waals surface area contributed by atoms with Gasteiger partial charge in [-0.3, -0.25) is 0 Å². The Hall–Kier alpha value is -1.37. The smallest absolute Gasteiger partial charge is 0.400 e. The van der Waals surface area contributed by atoms with E-state index in [0.717, 1.165) is 12.3 Å². The second kappa shape index (κ2) is 4.75. The molecule has 0 aromatic carbocycles. The van der Waals surface area contributed by atoms with E-state index in [0.29, 0.717) is 0 Å². The Morgan fingerprint density at radius 2 is 2.07 bits per heavy atom. The summed E-state index contributed by atoms with van der Waals surface area (Å²) in [5, 5.41) is 13.4. The number of hydrogen-bond donors (Lipinski definition) is 3. The molecule has 14 heavy (non-hydrogen) atoms. The van der Waals surface area contributed by atoms with Gasteiger partial charge in [0.1, 0.15) is 9.84 Å². The summed E-state index contributed by atoms with van der Waals surface area (Å²) < 4.78 is 21.4. The Morgan fingerprint density at radius 3 is 2.43 bits per heavy atom. The second-order valence-electron chi connectivity index (χ2n) is 2.86. The minimum Gasteiger partial charge on any atom is -0.473 e. The number of rotatable bonds is 5. The van der Waals surface area contributed by atoms with E-state index in [-0.39, 0.29) is 17.9 Å². The maximum Gasteiger partial charge on any atom is 0.400 e. The van der Waals surface area contributed by atoms with Crippen LogP contribution in [0.2, 0.25) is 0 Å². The van der Waals surface area contributed by atoms with Gasteiger partial charge in [0.15, 0.2) is 0 Å². The average Bonchev–Trinajstić information content (AvgIpc) is 1.99. The molecule has 0 heterocycles. The van der Waals surface area contributed by atoms with Crippen LogP contribution < -0.4 is 11.1 Å². The highest BCUT2D eigenvalue weighted by atomic mass is 32.2. The Kier molecular flexibility index (Phi) is 4.29. The molecule has 0 bridgehead atoms. The van der Waals surface area contributed by atoms with Gasteiger partial charge in [0.25, 0.3) is 5.71 Å². The van der Waals surface area contributed by atoms with E-state index in [9.17, 15) is 13.2 Å². The van der Waals surface area contributed by atoms with Gasteiger partial charge < -0.3 is 10.8 Å². The van der Waals surface area contributed by atoms with Crippen molar-refractivity contribution >= 4 is 21.5 Å². The zero-order chi connectivity index (χ0) is 11.4. The van der Waals surface area contributed by atoms with Gasteiger partial charge in [0, 0.05) is 24.4 Å². The molecule has 0 rings (SSSR count). The summed E-state index contributed by atoms with van der Waals surface area (Å²) >= 11 is 0. The van der Waals surface area contributed by atoms with Gasteiger partial charge in [0.2, 0.25) is 0 Å².